The molecule has 0 aliphatic carbocycles. The second-order valence-electron chi connectivity index (χ2n) is 9.39. The maximum Gasteiger partial charge on any atom is 0.247 e. The number of nitrogens with one attached hydrogen (secondary N) is 1. The molecule has 3 aromatic carbocycles. The summed E-state index contributed by atoms with van der Waals surface area (Å²) >= 11 is 1.44. The number of amides is 2. The molecule has 1 aliphatic rings. The zero-order valence-corrected chi connectivity index (χ0v) is 22.0. The summed E-state index contributed by atoms with van der Waals surface area (Å²) in [6.07, 6.45) is 4.80. The molecule has 1 N–H and O–H groups in total. The Labute approximate surface area is 231 Å². The Morgan fingerprint density at radius 2 is 1.59 bits per heavy atom. The van der Waals surface area contributed by atoms with Gasteiger partial charge in [0.25, 0.3) is 0 Å². The molecule has 0 unspecified atom stereocenters. The topological polar surface area (TPSA) is 71.5 Å². The molecule has 0 spiro atoms. The van der Waals surface area contributed by atoms with Crippen molar-refractivity contribution in [3.05, 3.63) is 115 Å². The lowest BCUT2D eigenvalue weighted by Crippen LogP contribution is -2.44. The summed E-state index contributed by atoms with van der Waals surface area (Å²) in [6.45, 7) is 0.535. The van der Waals surface area contributed by atoms with Crippen molar-refractivity contribution in [2.45, 2.75) is 23.8 Å². The third kappa shape index (κ3) is 7.23. The Hall–Kier alpha value is -4.17. The van der Waals surface area contributed by atoms with Crippen LogP contribution in [0.5, 0.6) is 11.5 Å². The van der Waals surface area contributed by atoms with E-state index in [2.05, 4.69) is 22.4 Å². The lowest BCUT2D eigenvalue weighted by Gasteiger charge is -2.24. The van der Waals surface area contributed by atoms with Crippen LogP contribution in [0.3, 0.4) is 0 Å². The number of aromatic nitrogens is 1. The van der Waals surface area contributed by atoms with E-state index in [1.165, 1.54) is 29.5 Å². The van der Waals surface area contributed by atoms with Gasteiger partial charge in [-0.15, -0.1) is 11.8 Å². The van der Waals surface area contributed by atoms with Crippen molar-refractivity contribution < 1.29 is 18.7 Å². The Morgan fingerprint density at radius 3 is 2.28 bits per heavy atom. The van der Waals surface area contributed by atoms with E-state index < -0.39 is 6.04 Å². The van der Waals surface area contributed by atoms with E-state index in [1.54, 1.807) is 53.7 Å². The number of halogens is 1. The standard InChI is InChI=1S/C31H28FN3O3S/c32-24-6-10-26(11-7-24)38-27-12-8-25(9-13-27)34-31(37)29-19-23(18-22-4-2-1-3-5-22)20-35(29)30(36)21-39-28-14-16-33-17-15-28/h1-17,23,29H,18-21H2,(H,34,37)/t23-,29+/m1/s1. The highest BCUT2D eigenvalue weighted by atomic mass is 32.2. The zero-order valence-electron chi connectivity index (χ0n) is 21.2. The average Bonchev–Trinajstić information content (AvgIpc) is 3.39. The molecule has 2 heterocycles. The number of likely N-dealkylation sites (tertiary alicyclic amines) is 1. The molecular formula is C31H28FN3O3S. The molecule has 4 aromatic rings. The Balaban J connectivity index is 1.25. The maximum absolute atomic E-state index is 13.4. The highest BCUT2D eigenvalue weighted by molar-refractivity contribution is 8.00. The Kier molecular flexibility index (Phi) is 8.53. The first-order valence-electron chi connectivity index (χ1n) is 12.7. The van der Waals surface area contributed by atoms with Gasteiger partial charge in [-0.05, 0) is 85.0 Å². The monoisotopic (exact) mass is 541 g/mol. The van der Waals surface area contributed by atoms with Crippen LogP contribution in [-0.2, 0) is 16.0 Å². The number of ether oxygens (including phenoxy) is 1. The summed E-state index contributed by atoms with van der Waals surface area (Å²) < 4.78 is 18.9. The van der Waals surface area contributed by atoms with E-state index in [0.29, 0.717) is 30.2 Å². The minimum absolute atomic E-state index is 0.0597. The molecule has 0 saturated carbocycles. The largest absolute Gasteiger partial charge is 0.457 e. The summed E-state index contributed by atoms with van der Waals surface area (Å²) in [5, 5.41) is 2.97. The van der Waals surface area contributed by atoms with Crippen LogP contribution in [-0.4, -0.2) is 40.0 Å². The van der Waals surface area contributed by atoms with Crippen LogP contribution in [0.15, 0.2) is 108 Å². The number of carbonyl (C=O) groups excluding carboxylic acids is 2. The fraction of sp³-hybridized carbons (Fsp3) is 0.194. The fourth-order valence-electron chi connectivity index (χ4n) is 4.68. The molecule has 2 atom stereocenters. The minimum Gasteiger partial charge on any atom is -0.457 e. The molecule has 5 rings (SSSR count). The smallest absolute Gasteiger partial charge is 0.247 e. The summed E-state index contributed by atoms with van der Waals surface area (Å²) in [5.41, 5.74) is 1.80. The molecule has 1 aromatic heterocycles. The summed E-state index contributed by atoms with van der Waals surface area (Å²) in [5.74, 6) is 0.916. The number of pyridine rings is 1. The number of hydrogen-bond donors (Lipinski definition) is 1. The van der Waals surface area contributed by atoms with Gasteiger partial charge in [-0.1, -0.05) is 30.3 Å². The summed E-state index contributed by atoms with van der Waals surface area (Å²) in [6, 6.07) is 26.1. The molecule has 198 valence electrons. The zero-order chi connectivity index (χ0) is 27.0. The van der Waals surface area contributed by atoms with Crippen LogP contribution in [0.25, 0.3) is 0 Å². The van der Waals surface area contributed by atoms with Crippen molar-refractivity contribution in [2.24, 2.45) is 5.92 Å². The fourth-order valence-corrected chi connectivity index (χ4v) is 5.45. The third-order valence-corrected chi connectivity index (χ3v) is 7.56. The average molecular weight is 542 g/mol. The van der Waals surface area contributed by atoms with Crippen molar-refractivity contribution in [1.29, 1.82) is 0 Å². The first-order valence-corrected chi connectivity index (χ1v) is 13.7. The second kappa shape index (κ2) is 12.6. The maximum atomic E-state index is 13.4. The van der Waals surface area contributed by atoms with Crippen molar-refractivity contribution in [2.75, 3.05) is 17.6 Å². The van der Waals surface area contributed by atoms with Crippen LogP contribution in [0.2, 0.25) is 0 Å². The second-order valence-corrected chi connectivity index (χ2v) is 10.4. The number of rotatable bonds is 9. The van der Waals surface area contributed by atoms with Gasteiger partial charge in [0.1, 0.15) is 23.4 Å². The van der Waals surface area contributed by atoms with E-state index in [-0.39, 0.29) is 29.3 Å². The van der Waals surface area contributed by atoms with E-state index in [4.69, 9.17) is 4.74 Å². The van der Waals surface area contributed by atoms with Gasteiger partial charge in [-0.3, -0.25) is 14.6 Å². The van der Waals surface area contributed by atoms with Gasteiger partial charge in [-0.25, -0.2) is 4.39 Å². The van der Waals surface area contributed by atoms with Crippen LogP contribution >= 0.6 is 11.8 Å². The molecule has 39 heavy (non-hydrogen) atoms. The first-order chi connectivity index (χ1) is 19.0. The van der Waals surface area contributed by atoms with Crippen LogP contribution in [0.4, 0.5) is 10.1 Å². The molecule has 6 nitrogen and oxygen atoms in total. The lowest BCUT2D eigenvalue weighted by atomic mass is 9.96. The lowest BCUT2D eigenvalue weighted by molar-refractivity contribution is -0.134. The van der Waals surface area contributed by atoms with Crippen molar-refractivity contribution >= 4 is 29.3 Å². The minimum atomic E-state index is -0.556. The normalized spacial score (nSPS) is 16.6. The predicted octanol–water partition coefficient (Wildman–Crippen LogP) is 6.20. The quantitative estimate of drug-likeness (QED) is 0.255. The van der Waals surface area contributed by atoms with Crippen molar-refractivity contribution in [3.63, 3.8) is 0 Å². The van der Waals surface area contributed by atoms with Gasteiger partial charge in [0.15, 0.2) is 0 Å². The predicted molar refractivity (Wildman–Crippen MR) is 150 cm³/mol. The van der Waals surface area contributed by atoms with Gasteiger partial charge in [0.2, 0.25) is 11.8 Å². The molecule has 1 fully saturated rings. The molecular weight excluding hydrogens is 513 g/mol. The number of carbonyl (C=O) groups is 2. The van der Waals surface area contributed by atoms with Crippen molar-refractivity contribution in [3.8, 4) is 11.5 Å². The summed E-state index contributed by atoms with van der Waals surface area (Å²) in [7, 11) is 0. The van der Waals surface area contributed by atoms with Gasteiger partial charge >= 0.3 is 0 Å². The van der Waals surface area contributed by atoms with Crippen LogP contribution < -0.4 is 10.1 Å². The van der Waals surface area contributed by atoms with E-state index in [9.17, 15) is 14.0 Å². The SMILES string of the molecule is O=C(Nc1ccc(Oc2ccc(F)cc2)cc1)[C@@H]1C[C@@H](Cc2ccccc2)CN1C(=O)CSc1ccncc1. The molecule has 1 aliphatic heterocycles. The van der Waals surface area contributed by atoms with E-state index >= 15 is 0 Å². The highest BCUT2D eigenvalue weighted by Gasteiger charge is 2.39. The first kappa shape index (κ1) is 26.4. The Bertz CT molecular complexity index is 1390. The van der Waals surface area contributed by atoms with Gasteiger partial charge < -0.3 is 15.0 Å². The van der Waals surface area contributed by atoms with Crippen LogP contribution in [0, 0.1) is 11.7 Å². The Morgan fingerprint density at radius 1 is 0.923 bits per heavy atom. The molecule has 1 saturated heterocycles. The number of nitrogens with zero attached hydrogens (tertiary/aromatic N) is 2. The van der Waals surface area contributed by atoms with Gasteiger partial charge in [-0.2, -0.15) is 0 Å². The molecule has 2 amide bonds. The third-order valence-electron chi connectivity index (χ3n) is 6.56. The van der Waals surface area contributed by atoms with Crippen LogP contribution in [0.1, 0.15) is 12.0 Å². The number of anilines is 1. The van der Waals surface area contributed by atoms with Gasteiger partial charge in [0, 0.05) is 29.5 Å². The summed E-state index contributed by atoms with van der Waals surface area (Å²) in [4.78, 5) is 33.4. The highest BCUT2D eigenvalue weighted by Crippen LogP contribution is 2.30. The van der Waals surface area contributed by atoms with E-state index in [1.807, 2.05) is 30.3 Å². The number of benzene rings is 3. The van der Waals surface area contributed by atoms with E-state index in [0.717, 1.165) is 11.3 Å². The number of thioether (sulfide) groups is 1. The molecule has 0 bridgehead atoms. The van der Waals surface area contributed by atoms with Gasteiger partial charge in [0.05, 0.1) is 5.75 Å². The van der Waals surface area contributed by atoms with Crippen molar-refractivity contribution in [1.82, 2.24) is 9.88 Å². The molecule has 0 radical (unpaired) electrons. The molecule has 8 heteroatoms. The number of hydrogen-bond acceptors (Lipinski definition) is 5.